The molecule has 29 heavy (non-hydrogen) atoms. The summed E-state index contributed by atoms with van der Waals surface area (Å²) < 4.78 is 29.6. The van der Waals surface area contributed by atoms with E-state index in [4.69, 9.17) is 11.6 Å². The van der Waals surface area contributed by atoms with Crippen LogP contribution in [-0.2, 0) is 17.9 Å². The maximum Gasteiger partial charge on any atom is 0.252 e. The Labute approximate surface area is 171 Å². The second kappa shape index (κ2) is 7.59. The van der Waals surface area contributed by atoms with Crippen LogP contribution >= 0.6 is 11.6 Å². The van der Waals surface area contributed by atoms with Crippen molar-refractivity contribution in [2.45, 2.75) is 39.4 Å². The van der Waals surface area contributed by atoms with Crippen molar-refractivity contribution in [3.05, 3.63) is 58.4 Å². The first-order chi connectivity index (χ1) is 14.0. The molecule has 6 nitrogen and oxygen atoms in total. The first kappa shape index (κ1) is 19.6. The lowest BCUT2D eigenvalue weighted by Crippen LogP contribution is -2.29. The molecule has 4 rings (SSSR count). The maximum atomic E-state index is 13.3. The molecule has 0 bridgehead atoms. The van der Waals surface area contributed by atoms with Gasteiger partial charge in [0.1, 0.15) is 24.2 Å². The second-order valence-electron chi connectivity index (χ2n) is 6.94. The van der Waals surface area contributed by atoms with Crippen LogP contribution in [0.5, 0.6) is 0 Å². The normalized spacial score (nSPS) is 16.8. The zero-order valence-corrected chi connectivity index (χ0v) is 16.8. The van der Waals surface area contributed by atoms with Crippen molar-refractivity contribution in [3.8, 4) is 5.69 Å². The standard InChI is InChI=1S/C20H20ClF2N5O/c1-3-16-18(11-24-28(16)14-6-4-13(23)5-7-14)26-9-8-17(20(26)29)27-12(2)19(21)15(10-22)25-27/h4-7,11,17H,3,8-10H2,1-2H3. The highest BCUT2D eigenvalue weighted by Gasteiger charge is 2.37. The Bertz CT molecular complexity index is 1060. The number of hydrogen-bond donors (Lipinski definition) is 0. The number of amides is 1. The Kier molecular flexibility index (Phi) is 5.12. The van der Waals surface area contributed by atoms with Crippen molar-refractivity contribution >= 4 is 23.2 Å². The minimum absolute atomic E-state index is 0.133. The lowest BCUT2D eigenvalue weighted by molar-refractivity contribution is -0.120. The second-order valence-corrected chi connectivity index (χ2v) is 7.31. The first-order valence-electron chi connectivity index (χ1n) is 9.39. The predicted molar refractivity (Wildman–Crippen MR) is 106 cm³/mol. The summed E-state index contributed by atoms with van der Waals surface area (Å²) in [5.74, 6) is -0.455. The molecule has 1 aromatic carbocycles. The van der Waals surface area contributed by atoms with Crippen LogP contribution in [0.3, 0.4) is 0 Å². The average molecular weight is 420 g/mol. The number of halogens is 3. The third-order valence-corrected chi connectivity index (χ3v) is 5.78. The van der Waals surface area contributed by atoms with E-state index in [-0.39, 0.29) is 22.4 Å². The largest absolute Gasteiger partial charge is 0.307 e. The number of rotatable bonds is 5. The summed E-state index contributed by atoms with van der Waals surface area (Å²) in [7, 11) is 0. The molecule has 152 valence electrons. The van der Waals surface area contributed by atoms with Gasteiger partial charge < -0.3 is 4.90 Å². The molecule has 1 aliphatic rings. The summed E-state index contributed by atoms with van der Waals surface area (Å²) in [6.07, 6.45) is 2.83. The van der Waals surface area contributed by atoms with Crippen molar-refractivity contribution in [2.24, 2.45) is 0 Å². The molecule has 1 unspecified atom stereocenters. The molecule has 1 fully saturated rings. The van der Waals surface area contributed by atoms with Gasteiger partial charge in [0.05, 0.1) is 34.0 Å². The number of aromatic nitrogens is 4. The maximum absolute atomic E-state index is 13.3. The fourth-order valence-electron chi connectivity index (χ4n) is 3.80. The van der Waals surface area contributed by atoms with E-state index < -0.39 is 12.7 Å². The molecule has 9 heteroatoms. The van der Waals surface area contributed by atoms with E-state index in [1.54, 1.807) is 34.8 Å². The Morgan fingerprint density at radius 1 is 1.28 bits per heavy atom. The molecule has 1 aliphatic heterocycles. The van der Waals surface area contributed by atoms with Crippen LogP contribution in [0, 0.1) is 12.7 Å². The van der Waals surface area contributed by atoms with Gasteiger partial charge >= 0.3 is 0 Å². The van der Waals surface area contributed by atoms with E-state index in [1.165, 1.54) is 16.8 Å². The Morgan fingerprint density at radius 3 is 2.62 bits per heavy atom. The summed E-state index contributed by atoms with van der Waals surface area (Å²) in [4.78, 5) is 14.8. The van der Waals surface area contributed by atoms with Gasteiger partial charge in [-0.2, -0.15) is 10.2 Å². The Morgan fingerprint density at radius 2 is 2.00 bits per heavy atom. The third kappa shape index (κ3) is 3.21. The zero-order valence-electron chi connectivity index (χ0n) is 16.1. The van der Waals surface area contributed by atoms with Crippen LogP contribution < -0.4 is 4.90 Å². The van der Waals surface area contributed by atoms with E-state index in [2.05, 4.69) is 10.2 Å². The first-order valence-corrected chi connectivity index (χ1v) is 9.77. The van der Waals surface area contributed by atoms with Gasteiger partial charge in [-0.25, -0.2) is 13.5 Å². The highest BCUT2D eigenvalue weighted by Crippen LogP contribution is 2.34. The number of carbonyl (C=O) groups is 1. The molecule has 3 aromatic rings. The number of hydrogen-bond acceptors (Lipinski definition) is 3. The summed E-state index contributed by atoms with van der Waals surface area (Å²) in [5, 5.41) is 8.88. The molecule has 1 atom stereocenters. The molecule has 0 radical (unpaired) electrons. The number of alkyl halides is 1. The molecule has 0 aliphatic carbocycles. The van der Waals surface area contributed by atoms with Crippen molar-refractivity contribution in [1.29, 1.82) is 0 Å². The van der Waals surface area contributed by atoms with E-state index in [0.29, 0.717) is 30.8 Å². The van der Waals surface area contributed by atoms with Gasteiger partial charge in [0, 0.05) is 6.54 Å². The number of carbonyl (C=O) groups excluding carboxylic acids is 1. The summed E-state index contributed by atoms with van der Waals surface area (Å²) in [5.41, 5.74) is 3.02. The van der Waals surface area contributed by atoms with Crippen LogP contribution in [0.2, 0.25) is 5.02 Å². The van der Waals surface area contributed by atoms with Gasteiger partial charge in [0.15, 0.2) is 0 Å². The van der Waals surface area contributed by atoms with Crippen LogP contribution in [0.4, 0.5) is 14.5 Å². The summed E-state index contributed by atoms with van der Waals surface area (Å²) in [6, 6.07) is 5.51. The number of benzene rings is 1. The van der Waals surface area contributed by atoms with Crippen LogP contribution in [0.25, 0.3) is 5.69 Å². The van der Waals surface area contributed by atoms with Crippen molar-refractivity contribution in [2.75, 3.05) is 11.4 Å². The molecule has 0 N–H and O–H groups in total. The van der Waals surface area contributed by atoms with Gasteiger partial charge in [0.2, 0.25) is 0 Å². The van der Waals surface area contributed by atoms with E-state index in [0.717, 1.165) is 11.4 Å². The minimum atomic E-state index is -0.776. The molecule has 0 spiro atoms. The smallest absolute Gasteiger partial charge is 0.252 e. The van der Waals surface area contributed by atoms with Gasteiger partial charge in [-0.05, 0) is 44.0 Å². The highest BCUT2D eigenvalue weighted by atomic mass is 35.5. The SMILES string of the molecule is CCc1c(N2CCC(n3nc(CF)c(Cl)c3C)C2=O)cnn1-c1ccc(F)cc1. The lowest BCUT2D eigenvalue weighted by atomic mass is 10.2. The molecule has 1 amide bonds. The van der Waals surface area contributed by atoms with Gasteiger partial charge in [0.25, 0.3) is 5.91 Å². The van der Waals surface area contributed by atoms with Gasteiger partial charge in [-0.1, -0.05) is 18.5 Å². The van der Waals surface area contributed by atoms with E-state index in [9.17, 15) is 13.6 Å². The fourth-order valence-corrected chi connectivity index (χ4v) is 3.98. The predicted octanol–water partition coefficient (Wildman–Crippen LogP) is 4.18. The zero-order chi connectivity index (χ0) is 20.7. The molecular weight excluding hydrogens is 400 g/mol. The Balaban J connectivity index is 1.67. The molecular formula is C20H20ClF2N5O. The van der Waals surface area contributed by atoms with Crippen molar-refractivity contribution < 1.29 is 13.6 Å². The monoisotopic (exact) mass is 419 g/mol. The Hall–Kier alpha value is -2.74. The van der Waals surface area contributed by atoms with E-state index >= 15 is 0 Å². The van der Waals surface area contributed by atoms with Crippen molar-refractivity contribution in [3.63, 3.8) is 0 Å². The average Bonchev–Trinajstić information content (AvgIpc) is 3.39. The minimum Gasteiger partial charge on any atom is -0.307 e. The topological polar surface area (TPSA) is 56.0 Å². The summed E-state index contributed by atoms with van der Waals surface area (Å²) in [6.45, 7) is 3.42. The fraction of sp³-hybridized carbons (Fsp3) is 0.350. The highest BCUT2D eigenvalue weighted by molar-refractivity contribution is 6.31. The lowest BCUT2D eigenvalue weighted by Gasteiger charge is -2.18. The molecule has 3 heterocycles. The van der Waals surface area contributed by atoms with Crippen LogP contribution in [-0.4, -0.2) is 32.0 Å². The van der Waals surface area contributed by atoms with Gasteiger partial charge in [-0.15, -0.1) is 0 Å². The number of anilines is 1. The van der Waals surface area contributed by atoms with Gasteiger partial charge in [-0.3, -0.25) is 9.48 Å². The molecule has 1 saturated heterocycles. The number of nitrogens with zero attached hydrogens (tertiary/aromatic N) is 5. The third-order valence-electron chi connectivity index (χ3n) is 5.29. The summed E-state index contributed by atoms with van der Waals surface area (Å²) >= 11 is 6.14. The van der Waals surface area contributed by atoms with Crippen LogP contribution in [0.15, 0.2) is 30.5 Å². The molecule has 0 saturated carbocycles. The molecule has 2 aromatic heterocycles. The van der Waals surface area contributed by atoms with Crippen molar-refractivity contribution in [1.82, 2.24) is 19.6 Å². The quantitative estimate of drug-likeness (QED) is 0.623. The van der Waals surface area contributed by atoms with E-state index in [1.807, 2.05) is 6.92 Å². The van der Waals surface area contributed by atoms with Crippen LogP contribution in [0.1, 0.15) is 36.5 Å².